The molecule has 0 radical (unpaired) electrons. The van der Waals surface area contributed by atoms with E-state index >= 15 is 0 Å². The molecule has 25 heavy (non-hydrogen) atoms. The standard InChI is InChI=1S/C19H16ClFN2O2/c1-25-17-8-6-12(10-15(17)21)11-16-19(24)23-18(22-16)9-7-13-4-2-3-5-14(13)20/h2-6,8,10-11H,7,9H2,1H3,(H,22,23,24)/b16-11+. The lowest BCUT2D eigenvalue weighted by Crippen LogP contribution is -2.24. The molecule has 2 aromatic rings. The first-order valence-corrected chi connectivity index (χ1v) is 8.12. The first kappa shape index (κ1) is 17.2. The highest BCUT2D eigenvalue weighted by Crippen LogP contribution is 2.21. The number of benzene rings is 2. The zero-order valence-electron chi connectivity index (χ0n) is 13.6. The lowest BCUT2D eigenvalue weighted by Gasteiger charge is -2.03. The number of ether oxygens (including phenoxy) is 1. The molecule has 3 rings (SSSR count). The predicted molar refractivity (Wildman–Crippen MR) is 96.3 cm³/mol. The molecule has 0 saturated carbocycles. The minimum absolute atomic E-state index is 0.155. The molecule has 2 aromatic carbocycles. The highest BCUT2D eigenvalue weighted by atomic mass is 35.5. The van der Waals surface area contributed by atoms with E-state index in [1.807, 2.05) is 24.3 Å². The average molecular weight is 359 g/mol. The van der Waals surface area contributed by atoms with E-state index in [-0.39, 0.29) is 17.4 Å². The van der Waals surface area contributed by atoms with Crippen LogP contribution in [-0.4, -0.2) is 18.9 Å². The van der Waals surface area contributed by atoms with Gasteiger partial charge in [0.2, 0.25) is 0 Å². The van der Waals surface area contributed by atoms with Crippen molar-refractivity contribution in [3.8, 4) is 5.75 Å². The molecule has 0 saturated heterocycles. The number of hydrogen-bond acceptors (Lipinski definition) is 3. The largest absolute Gasteiger partial charge is 0.494 e. The number of amidine groups is 1. The number of amides is 1. The Bertz CT molecular complexity index is 877. The van der Waals surface area contributed by atoms with Crippen molar-refractivity contribution in [3.63, 3.8) is 0 Å². The van der Waals surface area contributed by atoms with Gasteiger partial charge in [0, 0.05) is 11.4 Å². The van der Waals surface area contributed by atoms with Gasteiger partial charge >= 0.3 is 0 Å². The highest BCUT2D eigenvalue weighted by Gasteiger charge is 2.20. The van der Waals surface area contributed by atoms with E-state index < -0.39 is 5.82 Å². The maximum absolute atomic E-state index is 13.7. The van der Waals surface area contributed by atoms with Gasteiger partial charge < -0.3 is 10.1 Å². The summed E-state index contributed by atoms with van der Waals surface area (Å²) in [5, 5.41) is 3.42. The van der Waals surface area contributed by atoms with Crippen molar-refractivity contribution in [2.75, 3.05) is 7.11 Å². The van der Waals surface area contributed by atoms with Crippen LogP contribution in [0.5, 0.6) is 5.75 Å². The van der Waals surface area contributed by atoms with E-state index in [1.165, 1.54) is 19.2 Å². The number of aliphatic imine (C=N–C) groups is 1. The second kappa shape index (κ2) is 7.49. The number of nitrogens with one attached hydrogen (secondary N) is 1. The van der Waals surface area contributed by atoms with Crippen molar-refractivity contribution in [1.82, 2.24) is 5.32 Å². The fourth-order valence-electron chi connectivity index (χ4n) is 2.52. The summed E-state index contributed by atoms with van der Waals surface area (Å²) in [6.07, 6.45) is 2.77. The Morgan fingerprint density at radius 2 is 2.04 bits per heavy atom. The van der Waals surface area contributed by atoms with Crippen LogP contribution in [0.4, 0.5) is 4.39 Å². The number of carbonyl (C=O) groups excluding carboxylic acids is 1. The van der Waals surface area contributed by atoms with Crippen LogP contribution in [0.2, 0.25) is 5.02 Å². The third-order valence-corrected chi connectivity index (χ3v) is 4.18. The first-order chi connectivity index (χ1) is 12.1. The number of nitrogens with zero attached hydrogens (tertiary/aromatic N) is 1. The zero-order valence-corrected chi connectivity index (χ0v) is 14.3. The van der Waals surface area contributed by atoms with Crippen LogP contribution < -0.4 is 10.1 Å². The van der Waals surface area contributed by atoms with Crippen LogP contribution >= 0.6 is 11.6 Å². The molecule has 0 aliphatic carbocycles. The van der Waals surface area contributed by atoms with Crippen molar-refractivity contribution in [3.05, 3.63) is 70.1 Å². The van der Waals surface area contributed by atoms with Crippen LogP contribution in [0.1, 0.15) is 17.5 Å². The monoisotopic (exact) mass is 358 g/mol. The zero-order chi connectivity index (χ0) is 17.8. The van der Waals surface area contributed by atoms with Gasteiger partial charge in [-0.3, -0.25) is 4.79 Å². The number of methoxy groups -OCH3 is 1. The summed E-state index contributed by atoms with van der Waals surface area (Å²) >= 11 is 6.13. The molecular weight excluding hydrogens is 343 g/mol. The summed E-state index contributed by atoms with van der Waals surface area (Å²) in [6, 6.07) is 12.0. The summed E-state index contributed by atoms with van der Waals surface area (Å²) in [5.41, 5.74) is 1.79. The second-order valence-electron chi connectivity index (χ2n) is 5.53. The molecule has 1 aliphatic rings. The van der Waals surface area contributed by atoms with Crippen molar-refractivity contribution < 1.29 is 13.9 Å². The van der Waals surface area contributed by atoms with Gasteiger partial charge in [0.1, 0.15) is 11.5 Å². The quantitative estimate of drug-likeness (QED) is 0.822. The molecule has 128 valence electrons. The van der Waals surface area contributed by atoms with Crippen LogP contribution in [-0.2, 0) is 11.2 Å². The molecule has 6 heteroatoms. The van der Waals surface area contributed by atoms with E-state index in [0.717, 1.165) is 5.56 Å². The number of halogens is 2. The van der Waals surface area contributed by atoms with E-state index in [0.29, 0.717) is 29.3 Å². The van der Waals surface area contributed by atoms with Crippen molar-refractivity contribution >= 4 is 29.4 Å². The molecule has 0 fully saturated rings. The fraction of sp³-hybridized carbons (Fsp3) is 0.158. The first-order valence-electron chi connectivity index (χ1n) is 7.74. The van der Waals surface area contributed by atoms with Gasteiger partial charge in [-0.2, -0.15) is 0 Å². The van der Waals surface area contributed by atoms with Crippen molar-refractivity contribution in [2.24, 2.45) is 4.99 Å². The maximum atomic E-state index is 13.7. The SMILES string of the molecule is COc1ccc(/C=C2/N=C(CCc3ccccc3Cl)NC2=O)cc1F. The number of hydrogen-bond donors (Lipinski definition) is 1. The number of carbonyl (C=O) groups is 1. The Hall–Kier alpha value is -2.66. The molecule has 0 unspecified atom stereocenters. The van der Waals surface area contributed by atoms with E-state index in [1.54, 1.807) is 12.1 Å². The van der Waals surface area contributed by atoms with Gasteiger partial charge in [-0.15, -0.1) is 0 Å². The normalized spacial score (nSPS) is 15.2. The third kappa shape index (κ3) is 4.06. The van der Waals surface area contributed by atoms with Gasteiger partial charge in [-0.25, -0.2) is 9.38 Å². The van der Waals surface area contributed by atoms with Gasteiger partial charge in [0.25, 0.3) is 5.91 Å². The Morgan fingerprint density at radius 1 is 1.24 bits per heavy atom. The van der Waals surface area contributed by atoms with Crippen LogP contribution in [0.3, 0.4) is 0 Å². The van der Waals surface area contributed by atoms with Gasteiger partial charge in [0.15, 0.2) is 11.6 Å². The smallest absolute Gasteiger partial charge is 0.275 e. The highest BCUT2D eigenvalue weighted by molar-refractivity contribution is 6.31. The van der Waals surface area contributed by atoms with Gasteiger partial charge in [-0.1, -0.05) is 35.9 Å². The third-order valence-electron chi connectivity index (χ3n) is 3.81. The summed E-state index contributed by atoms with van der Waals surface area (Å²) in [5.74, 6) is -0.0596. The van der Waals surface area contributed by atoms with Crippen LogP contribution in [0, 0.1) is 5.82 Å². The van der Waals surface area contributed by atoms with Crippen molar-refractivity contribution in [1.29, 1.82) is 0 Å². The molecule has 0 bridgehead atoms. The Kier molecular flexibility index (Phi) is 5.14. The fourth-order valence-corrected chi connectivity index (χ4v) is 2.75. The molecule has 1 heterocycles. The Balaban J connectivity index is 1.73. The minimum atomic E-state index is -0.488. The summed E-state index contributed by atoms with van der Waals surface area (Å²) in [4.78, 5) is 16.3. The van der Waals surface area contributed by atoms with E-state index in [2.05, 4.69) is 10.3 Å². The molecule has 1 amide bonds. The average Bonchev–Trinajstić information content (AvgIpc) is 2.94. The van der Waals surface area contributed by atoms with Gasteiger partial charge in [-0.05, 0) is 41.8 Å². The lowest BCUT2D eigenvalue weighted by atomic mass is 10.1. The predicted octanol–water partition coefficient (Wildman–Crippen LogP) is 3.99. The summed E-state index contributed by atoms with van der Waals surface area (Å²) in [7, 11) is 1.40. The maximum Gasteiger partial charge on any atom is 0.275 e. The minimum Gasteiger partial charge on any atom is -0.494 e. The topological polar surface area (TPSA) is 50.7 Å². The van der Waals surface area contributed by atoms with Gasteiger partial charge in [0.05, 0.1) is 7.11 Å². The van der Waals surface area contributed by atoms with E-state index in [4.69, 9.17) is 16.3 Å². The molecule has 4 nitrogen and oxygen atoms in total. The molecule has 1 aliphatic heterocycles. The Morgan fingerprint density at radius 3 is 2.76 bits per heavy atom. The molecule has 0 aromatic heterocycles. The van der Waals surface area contributed by atoms with Crippen LogP contribution in [0.15, 0.2) is 53.2 Å². The molecule has 0 spiro atoms. The molecular formula is C19H16ClFN2O2. The number of aryl methyl sites for hydroxylation is 1. The van der Waals surface area contributed by atoms with E-state index in [9.17, 15) is 9.18 Å². The molecule has 1 N–H and O–H groups in total. The summed E-state index contributed by atoms with van der Waals surface area (Å²) in [6.45, 7) is 0. The van der Waals surface area contributed by atoms with Crippen LogP contribution in [0.25, 0.3) is 6.08 Å². The number of rotatable bonds is 5. The summed E-state index contributed by atoms with van der Waals surface area (Å²) < 4.78 is 18.6. The van der Waals surface area contributed by atoms with Crippen molar-refractivity contribution in [2.45, 2.75) is 12.8 Å². The second-order valence-corrected chi connectivity index (χ2v) is 5.93. The Labute approximate surface area is 150 Å². The lowest BCUT2D eigenvalue weighted by molar-refractivity contribution is -0.115. The molecule has 0 atom stereocenters.